The molecule has 0 N–H and O–H groups in total. The van der Waals surface area contributed by atoms with Crippen molar-refractivity contribution in [1.82, 2.24) is 4.90 Å². The maximum absolute atomic E-state index is 12.9. The van der Waals surface area contributed by atoms with Gasteiger partial charge in [0.25, 0.3) is 5.91 Å². The molecule has 0 radical (unpaired) electrons. The van der Waals surface area contributed by atoms with E-state index in [-0.39, 0.29) is 11.3 Å². The number of ether oxygens (including phenoxy) is 1. The van der Waals surface area contributed by atoms with Gasteiger partial charge in [-0.2, -0.15) is 0 Å². The van der Waals surface area contributed by atoms with Gasteiger partial charge in [-0.25, -0.2) is 0 Å². The summed E-state index contributed by atoms with van der Waals surface area (Å²) in [4.78, 5) is 14.8. The fourth-order valence-corrected chi connectivity index (χ4v) is 3.84. The standard InChI is InChI=1S/C20H21Cl2NO2/c1-3-20(15-7-8-17(21)18(22)12-15)9-10-23(13-20)19(24)14-5-4-6-16(11-14)25-2/h4-8,11-12H,3,9-10,13H2,1-2H3. The minimum Gasteiger partial charge on any atom is -0.497 e. The van der Waals surface area contributed by atoms with Gasteiger partial charge in [0.15, 0.2) is 0 Å². The Morgan fingerprint density at radius 3 is 2.68 bits per heavy atom. The first-order chi connectivity index (χ1) is 12.0. The molecule has 0 saturated carbocycles. The summed E-state index contributed by atoms with van der Waals surface area (Å²) in [6.45, 7) is 3.56. The van der Waals surface area contributed by atoms with Gasteiger partial charge in [-0.05, 0) is 48.7 Å². The molecular weight excluding hydrogens is 357 g/mol. The average Bonchev–Trinajstić information content (AvgIpc) is 3.09. The lowest BCUT2D eigenvalue weighted by molar-refractivity contribution is 0.0782. The van der Waals surface area contributed by atoms with E-state index in [0.717, 1.165) is 24.9 Å². The molecule has 0 aromatic heterocycles. The average molecular weight is 378 g/mol. The summed E-state index contributed by atoms with van der Waals surface area (Å²) in [7, 11) is 1.60. The van der Waals surface area contributed by atoms with Gasteiger partial charge in [0.1, 0.15) is 5.75 Å². The van der Waals surface area contributed by atoms with Crippen molar-refractivity contribution < 1.29 is 9.53 Å². The molecule has 1 fully saturated rings. The zero-order valence-electron chi connectivity index (χ0n) is 14.4. The van der Waals surface area contributed by atoms with E-state index in [2.05, 4.69) is 6.92 Å². The highest BCUT2D eigenvalue weighted by Gasteiger charge is 2.40. The van der Waals surface area contributed by atoms with Crippen LogP contribution in [0.4, 0.5) is 0 Å². The van der Waals surface area contributed by atoms with E-state index >= 15 is 0 Å². The van der Waals surface area contributed by atoms with Crippen LogP contribution in [0.25, 0.3) is 0 Å². The van der Waals surface area contributed by atoms with Gasteiger partial charge in [-0.3, -0.25) is 4.79 Å². The number of carbonyl (C=O) groups excluding carboxylic acids is 1. The Morgan fingerprint density at radius 2 is 2.00 bits per heavy atom. The van der Waals surface area contributed by atoms with E-state index in [1.54, 1.807) is 13.2 Å². The van der Waals surface area contributed by atoms with E-state index in [1.807, 2.05) is 41.3 Å². The molecule has 1 unspecified atom stereocenters. The summed E-state index contributed by atoms with van der Waals surface area (Å²) in [5.41, 5.74) is 1.72. The van der Waals surface area contributed by atoms with Crippen LogP contribution in [0.1, 0.15) is 35.7 Å². The van der Waals surface area contributed by atoms with Crippen molar-refractivity contribution in [2.75, 3.05) is 20.2 Å². The van der Waals surface area contributed by atoms with Crippen LogP contribution in [-0.2, 0) is 5.41 Å². The van der Waals surface area contributed by atoms with Gasteiger partial charge in [0.05, 0.1) is 17.2 Å². The van der Waals surface area contributed by atoms with Crippen molar-refractivity contribution in [3.05, 3.63) is 63.6 Å². The van der Waals surface area contributed by atoms with Crippen LogP contribution in [0.5, 0.6) is 5.75 Å². The normalized spacial score (nSPS) is 19.9. The van der Waals surface area contributed by atoms with Crippen molar-refractivity contribution in [2.24, 2.45) is 0 Å². The maximum Gasteiger partial charge on any atom is 0.254 e. The molecule has 1 aliphatic rings. The molecule has 1 aliphatic heterocycles. The Balaban J connectivity index is 1.85. The molecule has 5 heteroatoms. The third kappa shape index (κ3) is 3.49. The number of hydrogen-bond donors (Lipinski definition) is 0. The topological polar surface area (TPSA) is 29.5 Å². The van der Waals surface area contributed by atoms with Gasteiger partial charge in [-0.1, -0.05) is 42.3 Å². The van der Waals surface area contributed by atoms with Gasteiger partial charge in [-0.15, -0.1) is 0 Å². The van der Waals surface area contributed by atoms with Crippen LogP contribution < -0.4 is 4.74 Å². The molecule has 132 valence electrons. The first-order valence-corrected chi connectivity index (χ1v) is 9.13. The predicted octanol–water partition coefficient (Wildman–Crippen LogP) is 5.20. The number of hydrogen-bond acceptors (Lipinski definition) is 2. The number of rotatable bonds is 4. The van der Waals surface area contributed by atoms with Crippen LogP contribution in [0.3, 0.4) is 0 Å². The number of nitrogens with zero attached hydrogens (tertiary/aromatic N) is 1. The Labute approximate surface area is 158 Å². The fourth-order valence-electron chi connectivity index (χ4n) is 3.54. The molecule has 3 rings (SSSR count). The predicted molar refractivity (Wildman–Crippen MR) is 102 cm³/mol. The van der Waals surface area contributed by atoms with E-state index in [1.165, 1.54) is 0 Å². The van der Waals surface area contributed by atoms with Crippen LogP contribution in [0.2, 0.25) is 10.0 Å². The lowest BCUT2D eigenvalue weighted by atomic mass is 9.77. The molecule has 0 aliphatic carbocycles. The highest BCUT2D eigenvalue weighted by molar-refractivity contribution is 6.42. The Hall–Kier alpha value is -1.71. The SMILES string of the molecule is CCC1(c2ccc(Cl)c(Cl)c2)CCN(C(=O)c2cccc(OC)c2)C1. The van der Waals surface area contributed by atoms with Gasteiger partial charge in [0, 0.05) is 24.1 Å². The first-order valence-electron chi connectivity index (χ1n) is 8.38. The second-order valence-electron chi connectivity index (χ2n) is 6.47. The largest absolute Gasteiger partial charge is 0.497 e. The van der Waals surface area contributed by atoms with Gasteiger partial charge >= 0.3 is 0 Å². The van der Waals surface area contributed by atoms with Crippen molar-refractivity contribution in [3.8, 4) is 5.75 Å². The van der Waals surface area contributed by atoms with Crippen LogP contribution in [0.15, 0.2) is 42.5 Å². The smallest absolute Gasteiger partial charge is 0.254 e. The minimum atomic E-state index is -0.0806. The molecule has 1 atom stereocenters. The zero-order chi connectivity index (χ0) is 18.0. The Bertz CT molecular complexity index is 793. The molecule has 0 bridgehead atoms. The number of likely N-dealkylation sites (tertiary alicyclic amines) is 1. The Morgan fingerprint density at radius 1 is 1.20 bits per heavy atom. The third-order valence-corrected chi connectivity index (χ3v) is 5.91. The lowest BCUT2D eigenvalue weighted by Crippen LogP contribution is -2.34. The third-order valence-electron chi connectivity index (χ3n) is 5.17. The van der Waals surface area contributed by atoms with E-state index < -0.39 is 0 Å². The molecule has 2 aromatic rings. The summed E-state index contributed by atoms with van der Waals surface area (Å²) in [6, 6.07) is 13.1. The summed E-state index contributed by atoms with van der Waals surface area (Å²) in [5.74, 6) is 0.727. The first kappa shape index (κ1) is 18.1. The number of carbonyl (C=O) groups is 1. The molecule has 2 aromatic carbocycles. The quantitative estimate of drug-likeness (QED) is 0.732. The van der Waals surface area contributed by atoms with Crippen molar-refractivity contribution >= 4 is 29.1 Å². The van der Waals surface area contributed by atoms with Crippen molar-refractivity contribution in [2.45, 2.75) is 25.2 Å². The van der Waals surface area contributed by atoms with Crippen molar-refractivity contribution in [1.29, 1.82) is 0 Å². The number of methoxy groups -OCH3 is 1. The highest BCUT2D eigenvalue weighted by atomic mass is 35.5. The highest BCUT2D eigenvalue weighted by Crippen LogP contribution is 2.40. The molecule has 1 heterocycles. The summed E-state index contributed by atoms with van der Waals surface area (Å²) in [6.07, 6.45) is 1.85. The fraction of sp³-hybridized carbons (Fsp3) is 0.350. The molecule has 3 nitrogen and oxygen atoms in total. The summed E-state index contributed by atoms with van der Waals surface area (Å²) >= 11 is 12.3. The summed E-state index contributed by atoms with van der Waals surface area (Å²) < 4.78 is 5.23. The lowest BCUT2D eigenvalue weighted by Gasteiger charge is -2.29. The number of amides is 1. The van der Waals surface area contributed by atoms with Crippen LogP contribution in [0, 0.1) is 0 Å². The summed E-state index contributed by atoms with van der Waals surface area (Å²) in [5, 5.41) is 1.11. The molecule has 1 saturated heterocycles. The maximum atomic E-state index is 12.9. The Kier molecular flexibility index (Phi) is 5.26. The van der Waals surface area contributed by atoms with Gasteiger partial charge in [0.2, 0.25) is 0 Å². The van der Waals surface area contributed by atoms with Crippen LogP contribution in [-0.4, -0.2) is 31.0 Å². The van der Waals surface area contributed by atoms with Gasteiger partial charge < -0.3 is 9.64 Å². The minimum absolute atomic E-state index is 0.0364. The van der Waals surface area contributed by atoms with E-state index in [4.69, 9.17) is 27.9 Å². The van der Waals surface area contributed by atoms with E-state index in [0.29, 0.717) is 27.9 Å². The molecular formula is C20H21Cl2NO2. The van der Waals surface area contributed by atoms with Crippen molar-refractivity contribution in [3.63, 3.8) is 0 Å². The molecule has 25 heavy (non-hydrogen) atoms. The number of halogens is 2. The second-order valence-corrected chi connectivity index (χ2v) is 7.29. The molecule has 1 amide bonds. The van der Waals surface area contributed by atoms with Crippen LogP contribution >= 0.6 is 23.2 Å². The number of benzene rings is 2. The molecule has 0 spiro atoms. The monoisotopic (exact) mass is 377 g/mol. The van der Waals surface area contributed by atoms with E-state index in [9.17, 15) is 4.79 Å². The second kappa shape index (κ2) is 7.27. The zero-order valence-corrected chi connectivity index (χ0v) is 15.9.